The van der Waals surface area contributed by atoms with Gasteiger partial charge in [-0.2, -0.15) is 0 Å². The molecular formula is C21H26ClNO5S. The summed E-state index contributed by atoms with van der Waals surface area (Å²) in [5.74, 6) is -0.0986. The lowest BCUT2D eigenvalue weighted by atomic mass is 10.0. The highest BCUT2D eigenvalue weighted by atomic mass is 35.5. The molecule has 0 fully saturated rings. The lowest BCUT2D eigenvalue weighted by Gasteiger charge is -2.20. The van der Waals surface area contributed by atoms with Crippen LogP contribution < -0.4 is 9.46 Å². The van der Waals surface area contributed by atoms with Crippen LogP contribution in [0.25, 0.3) is 0 Å². The van der Waals surface area contributed by atoms with E-state index in [0.29, 0.717) is 23.6 Å². The van der Waals surface area contributed by atoms with Crippen LogP contribution in [0.4, 0.5) is 0 Å². The van der Waals surface area contributed by atoms with E-state index in [1.807, 2.05) is 12.1 Å². The van der Waals surface area contributed by atoms with E-state index >= 15 is 0 Å². The van der Waals surface area contributed by atoms with E-state index < -0.39 is 22.0 Å². The van der Waals surface area contributed by atoms with Gasteiger partial charge in [0.2, 0.25) is 10.0 Å². The summed E-state index contributed by atoms with van der Waals surface area (Å²) in [5, 5.41) is 9.18. The highest BCUT2D eigenvalue weighted by Gasteiger charge is 2.21. The summed E-state index contributed by atoms with van der Waals surface area (Å²) in [6.07, 6.45) is 3.80. The number of unbranched alkanes of at least 4 members (excludes halogenated alkanes) is 3. The van der Waals surface area contributed by atoms with Gasteiger partial charge in [0.1, 0.15) is 5.75 Å². The van der Waals surface area contributed by atoms with Crippen molar-refractivity contribution >= 4 is 27.6 Å². The molecule has 0 aliphatic carbocycles. The zero-order valence-electron chi connectivity index (χ0n) is 16.3. The monoisotopic (exact) mass is 439 g/mol. The Labute approximate surface area is 176 Å². The number of ether oxygens (including phenoxy) is 1. The normalized spacial score (nSPS) is 12.5. The first-order valence-electron chi connectivity index (χ1n) is 9.45. The Morgan fingerprint density at radius 2 is 1.66 bits per heavy atom. The molecule has 2 aromatic rings. The Hall–Kier alpha value is -2.09. The molecule has 158 valence electrons. The maximum absolute atomic E-state index is 12.8. The molecule has 1 unspecified atom stereocenters. The Kier molecular flexibility index (Phi) is 8.95. The Morgan fingerprint density at radius 3 is 2.24 bits per heavy atom. The Bertz CT molecular complexity index is 882. The van der Waals surface area contributed by atoms with Crippen molar-refractivity contribution in [3.8, 4) is 5.75 Å². The number of halogens is 1. The van der Waals surface area contributed by atoms with Gasteiger partial charge in [0.25, 0.3) is 0 Å². The molecule has 0 heterocycles. The van der Waals surface area contributed by atoms with Gasteiger partial charge in [-0.05, 0) is 54.8 Å². The molecule has 0 aliphatic heterocycles. The van der Waals surface area contributed by atoms with E-state index in [4.69, 9.17) is 21.4 Å². The molecule has 0 aliphatic rings. The molecule has 0 radical (unpaired) electrons. The number of methoxy groups -OCH3 is 1. The van der Waals surface area contributed by atoms with Crippen LogP contribution >= 0.6 is 11.6 Å². The molecule has 0 aromatic heterocycles. The molecular weight excluding hydrogens is 414 g/mol. The SMILES string of the molecule is COc1ccc(C(CCCCCCC(=O)O)NS(=O)(=O)c2ccc(Cl)cc2)cc1. The second-order valence-electron chi connectivity index (χ2n) is 6.75. The highest BCUT2D eigenvalue weighted by molar-refractivity contribution is 7.89. The minimum Gasteiger partial charge on any atom is -0.497 e. The lowest BCUT2D eigenvalue weighted by molar-refractivity contribution is -0.137. The first-order chi connectivity index (χ1) is 13.8. The largest absolute Gasteiger partial charge is 0.497 e. The van der Waals surface area contributed by atoms with Crippen LogP contribution in [0.2, 0.25) is 5.02 Å². The zero-order chi connectivity index (χ0) is 21.3. The summed E-state index contributed by atoms with van der Waals surface area (Å²) >= 11 is 5.86. The van der Waals surface area contributed by atoms with Crippen molar-refractivity contribution in [2.75, 3.05) is 7.11 Å². The first kappa shape index (κ1) is 23.2. The second-order valence-corrected chi connectivity index (χ2v) is 8.90. The number of hydrogen-bond acceptors (Lipinski definition) is 4. The molecule has 0 bridgehead atoms. The first-order valence-corrected chi connectivity index (χ1v) is 11.3. The summed E-state index contributed by atoms with van der Waals surface area (Å²) in [6.45, 7) is 0. The lowest BCUT2D eigenvalue weighted by Crippen LogP contribution is -2.28. The van der Waals surface area contributed by atoms with Gasteiger partial charge in [-0.15, -0.1) is 0 Å². The molecule has 29 heavy (non-hydrogen) atoms. The molecule has 1 atom stereocenters. The predicted octanol–water partition coefficient (Wildman–Crippen LogP) is 4.79. The topological polar surface area (TPSA) is 92.7 Å². The Balaban J connectivity index is 2.08. The highest BCUT2D eigenvalue weighted by Crippen LogP contribution is 2.25. The molecule has 6 nitrogen and oxygen atoms in total. The van der Waals surface area contributed by atoms with E-state index in [0.717, 1.165) is 24.8 Å². The van der Waals surface area contributed by atoms with Crippen molar-refractivity contribution < 1.29 is 23.1 Å². The number of nitrogens with one attached hydrogen (secondary N) is 1. The molecule has 0 spiro atoms. The van der Waals surface area contributed by atoms with Crippen LogP contribution in [0.1, 0.15) is 50.1 Å². The maximum Gasteiger partial charge on any atom is 0.303 e. The number of benzene rings is 2. The summed E-state index contributed by atoms with van der Waals surface area (Å²) in [6, 6.07) is 12.9. The molecule has 2 rings (SSSR count). The third-order valence-corrected chi connectivity index (χ3v) is 6.31. The van der Waals surface area contributed by atoms with Gasteiger partial charge in [0.15, 0.2) is 0 Å². The molecule has 0 amide bonds. The van der Waals surface area contributed by atoms with E-state index in [-0.39, 0.29) is 11.3 Å². The number of hydrogen-bond donors (Lipinski definition) is 2. The quantitative estimate of drug-likeness (QED) is 0.463. The molecule has 0 saturated heterocycles. The molecule has 0 saturated carbocycles. The van der Waals surface area contributed by atoms with Gasteiger partial charge in [-0.3, -0.25) is 4.79 Å². The zero-order valence-corrected chi connectivity index (χ0v) is 17.9. The summed E-state index contributed by atoms with van der Waals surface area (Å²) in [5.41, 5.74) is 0.842. The van der Waals surface area contributed by atoms with Gasteiger partial charge in [-0.25, -0.2) is 13.1 Å². The van der Waals surface area contributed by atoms with Crippen LogP contribution in [0.3, 0.4) is 0 Å². The van der Waals surface area contributed by atoms with Crippen molar-refractivity contribution in [1.29, 1.82) is 0 Å². The number of aliphatic carboxylic acids is 1. The third kappa shape index (κ3) is 7.68. The van der Waals surface area contributed by atoms with Crippen molar-refractivity contribution in [1.82, 2.24) is 4.72 Å². The summed E-state index contributed by atoms with van der Waals surface area (Å²) < 4.78 is 33.6. The average molecular weight is 440 g/mol. The maximum atomic E-state index is 12.8. The third-order valence-electron chi connectivity index (χ3n) is 4.57. The smallest absolute Gasteiger partial charge is 0.303 e. The predicted molar refractivity (Wildman–Crippen MR) is 113 cm³/mol. The summed E-state index contributed by atoms with van der Waals surface area (Å²) in [7, 11) is -2.14. The minimum atomic E-state index is -3.72. The fourth-order valence-corrected chi connectivity index (χ4v) is 4.36. The van der Waals surface area contributed by atoms with Crippen molar-refractivity contribution in [2.24, 2.45) is 0 Å². The fourth-order valence-electron chi connectivity index (χ4n) is 2.98. The van der Waals surface area contributed by atoms with Crippen LogP contribution in [0.15, 0.2) is 53.4 Å². The number of rotatable bonds is 12. The number of carboxylic acid groups (broad SMARTS) is 1. The molecule has 2 aromatic carbocycles. The van der Waals surface area contributed by atoms with E-state index in [9.17, 15) is 13.2 Å². The minimum absolute atomic E-state index is 0.155. The molecule has 8 heteroatoms. The fraction of sp³-hybridized carbons (Fsp3) is 0.381. The average Bonchev–Trinajstić information content (AvgIpc) is 2.70. The second kappa shape index (κ2) is 11.2. The Morgan fingerprint density at radius 1 is 1.03 bits per heavy atom. The summed E-state index contributed by atoms with van der Waals surface area (Å²) in [4.78, 5) is 10.7. The number of carbonyl (C=O) groups is 1. The van der Waals surface area contributed by atoms with Gasteiger partial charge in [-0.1, -0.05) is 43.0 Å². The molecule has 2 N–H and O–H groups in total. The van der Waals surface area contributed by atoms with Gasteiger partial charge >= 0.3 is 5.97 Å². The van der Waals surface area contributed by atoms with Crippen LogP contribution in [-0.4, -0.2) is 26.6 Å². The van der Waals surface area contributed by atoms with Crippen LogP contribution in [0.5, 0.6) is 5.75 Å². The van der Waals surface area contributed by atoms with Gasteiger partial charge in [0.05, 0.1) is 12.0 Å². The van der Waals surface area contributed by atoms with Gasteiger partial charge < -0.3 is 9.84 Å². The van der Waals surface area contributed by atoms with Crippen LogP contribution in [0, 0.1) is 0 Å². The van der Waals surface area contributed by atoms with Crippen molar-refractivity contribution in [2.45, 2.75) is 49.5 Å². The standard InChI is InChI=1S/C21H26ClNO5S/c1-28-18-12-8-16(9-13-18)20(6-4-2-3-5-7-21(24)25)23-29(26,27)19-14-10-17(22)11-15-19/h8-15,20,23H,2-7H2,1H3,(H,24,25). The number of sulfonamides is 1. The van der Waals surface area contributed by atoms with Gasteiger partial charge in [0, 0.05) is 17.5 Å². The van der Waals surface area contributed by atoms with Crippen LogP contribution in [-0.2, 0) is 14.8 Å². The van der Waals surface area contributed by atoms with Crippen molar-refractivity contribution in [3.05, 3.63) is 59.1 Å². The van der Waals surface area contributed by atoms with E-state index in [2.05, 4.69) is 4.72 Å². The van der Waals surface area contributed by atoms with E-state index in [1.54, 1.807) is 31.4 Å². The van der Waals surface area contributed by atoms with Crippen molar-refractivity contribution in [3.63, 3.8) is 0 Å². The number of carboxylic acids is 1. The van der Waals surface area contributed by atoms with E-state index in [1.165, 1.54) is 12.1 Å².